The van der Waals surface area contributed by atoms with Gasteiger partial charge in [-0.3, -0.25) is 4.98 Å². The number of anilines is 3. The molecule has 1 aliphatic heterocycles. The number of rotatable bonds is 5. The lowest BCUT2D eigenvalue weighted by Gasteiger charge is -2.27. The van der Waals surface area contributed by atoms with Crippen molar-refractivity contribution in [2.45, 2.75) is 20.5 Å². The van der Waals surface area contributed by atoms with Gasteiger partial charge in [0.05, 0.1) is 37.4 Å². The summed E-state index contributed by atoms with van der Waals surface area (Å²) in [7, 11) is 0. The molecule has 0 amide bonds. The van der Waals surface area contributed by atoms with Gasteiger partial charge in [0, 0.05) is 30.9 Å². The lowest BCUT2D eigenvalue weighted by Crippen LogP contribution is -2.37. The molecule has 0 radical (unpaired) electrons. The smallest absolute Gasteiger partial charge is 0.228 e. The molecule has 3 heterocycles. The molecular formula is C22H27N5O2. The van der Waals surface area contributed by atoms with Crippen LogP contribution in [0.4, 0.5) is 17.5 Å². The van der Waals surface area contributed by atoms with Crippen molar-refractivity contribution in [3.63, 3.8) is 0 Å². The average Bonchev–Trinajstić information content (AvgIpc) is 2.81. The highest BCUT2D eigenvalue weighted by Gasteiger charge is 2.16. The molecule has 0 unspecified atom stereocenters. The Morgan fingerprint density at radius 3 is 2.62 bits per heavy atom. The van der Waals surface area contributed by atoms with Crippen molar-refractivity contribution >= 4 is 17.5 Å². The van der Waals surface area contributed by atoms with E-state index in [-0.39, 0.29) is 6.61 Å². The van der Waals surface area contributed by atoms with Gasteiger partial charge in [0.2, 0.25) is 5.95 Å². The van der Waals surface area contributed by atoms with Gasteiger partial charge in [-0.15, -0.1) is 0 Å². The Balaban J connectivity index is 0.00000117. The fourth-order valence-electron chi connectivity index (χ4n) is 2.96. The molecule has 7 nitrogen and oxygen atoms in total. The molecule has 1 saturated heterocycles. The maximum Gasteiger partial charge on any atom is 0.228 e. The summed E-state index contributed by atoms with van der Waals surface area (Å²) in [5.41, 5.74) is 3.45. The van der Waals surface area contributed by atoms with Crippen LogP contribution in [-0.2, 0) is 11.3 Å². The summed E-state index contributed by atoms with van der Waals surface area (Å²) < 4.78 is 5.44. The van der Waals surface area contributed by atoms with Crippen molar-refractivity contribution in [2.24, 2.45) is 0 Å². The molecule has 152 valence electrons. The Labute approximate surface area is 171 Å². The largest absolute Gasteiger partial charge is 0.392 e. The predicted octanol–water partition coefficient (Wildman–Crippen LogP) is 3.64. The number of aliphatic hydroxyl groups is 1. The van der Waals surface area contributed by atoms with E-state index in [4.69, 9.17) is 14.7 Å². The monoisotopic (exact) mass is 393 g/mol. The number of aliphatic hydroxyl groups excluding tert-OH is 1. The van der Waals surface area contributed by atoms with Gasteiger partial charge in [-0.2, -0.15) is 4.98 Å². The first-order chi connectivity index (χ1) is 14.3. The Morgan fingerprint density at radius 2 is 1.90 bits per heavy atom. The number of benzene rings is 1. The van der Waals surface area contributed by atoms with Gasteiger partial charge in [-0.1, -0.05) is 32.0 Å². The van der Waals surface area contributed by atoms with E-state index in [1.54, 1.807) is 12.4 Å². The van der Waals surface area contributed by atoms with Crippen LogP contribution in [0.3, 0.4) is 0 Å². The Bertz CT molecular complexity index is 899. The summed E-state index contributed by atoms with van der Waals surface area (Å²) >= 11 is 0. The van der Waals surface area contributed by atoms with Gasteiger partial charge in [0.25, 0.3) is 0 Å². The highest BCUT2D eigenvalue weighted by atomic mass is 16.5. The normalized spacial score (nSPS) is 13.4. The highest BCUT2D eigenvalue weighted by molar-refractivity contribution is 5.67. The van der Waals surface area contributed by atoms with Crippen LogP contribution >= 0.6 is 0 Å². The van der Waals surface area contributed by atoms with Crippen LogP contribution in [0.5, 0.6) is 0 Å². The van der Waals surface area contributed by atoms with Crippen molar-refractivity contribution in [3.05, 3.63) is 60.4 Å². The summed E-state index contributed by atoms with van der Waals surface area (Å²) in [4.78, 5) is 15.7. The van der Waals surface area contributed by atoms with Crippen molar-refractivity contribution in [2.75, 3.05) is 36.5 Å². The quantitative estimate of drug-likeness (QED) is 0.685. The Hall–Kier alpha value is -3.03. The number of nitrogens with zero attached hydrogens (tertiary/aromatic N) is 4. The van der Waals surface area contributed by atoms with Crippen molar-refractivity contribution < 1.29 is 9.84 Å². The van der Waals surface area contributed by atoms with E-state index >= 15 is 0 Å². The van der Waals surface area contributed by atoms with Gasteiger partial charge in [0.15, 0.2) is 0 Å². The molecular weight excluding hydrogens is 366 g/mol. The minimum absolute atomic E-state index is 0.00393. The summed E-state index contributed by atoms with van der Waals surface area (Å²) in [6.07, 6.45) is 3.48. The van der Waals surface area contributed by atoms with E-state index < -0.39 is 0 Å². The summed E-state index contributed by atoms with van der Waals surface area (Å²) in [6.45, 7) is 6.84. The van der Waals surface area contributed by atoms with Crippen LogP contribution in [0.25, 0.3) is 11.3 Å². The molecule has 1 aromatic carbocycles. The van der Waals surface area contributed by atoms with Crippen LogP contribution in [0.1, 0.15) is 19.4 Å². The molecule has 2 aromatic heterocycles. The maximum atomic E-state index is 9.44. The zero-order valence-electron chi connectivity index (χ0n) is 16.9. The van der Waals surface area contributed by atoms with Gasteiger partial charge in [-0.25, -0.2) is 4.98 Å². The Kier molecular flexibility index (Phi) is 7.49. The third-order valence-electron chi connectivity index (χ3n) is 4.35. The summed E-state index contributed by atoms with van der Waals surface area (Å²) in [6, 6.07) is 13.5. The summed E-state index contributed by atoms with van der Waals surface area (Å²) in [5, 5.41) is 12.7. The minimum atomic E-state index is -0.00393. The van der Waals surface area contributed by atoms with Crippen LogP contribution in [0.15, 0.2) is 54.9 Å². The van der Waals surface area contributed by atoms with Crippen LogP contribution in [-0.4, -0.2) is 46.4 Å². The minimum Gasteiger partial charge on any atom is -0.392 e. The zero-order chi connectivity index (χ0) is 20.5. The molecule has 4 rings (SSSR count). The lowest BCUT2D eigenvalue weighted by molar-refractivity contribution is 0.122. The van der Waals surface area contributed by atoms with E-state index in [1.807, 2.05) is 56.3 Å². The topological polar surface area (TPSA) is 83.4 Å². The molecule has 3 aromatic rings. The third-order valence-corrected chi connectivity index (χ3v) is 4.35. The van der Waals surface area contributed by atoms with E-state index in [1.165, 1.54) is 0 Å². The molecule has 1 fully saturated rings. The van der Waals surface area contributed by atoms with E-state index in [2.05, 4.69) is 15.2 Å². The van der Waals surface area contributed by atoms with Gasteiger partial charge in [-0.05, 0) is 23.8 Å². The molecule has 0 spiro atoms. The maximum absolute atomic E-state index is 9.44. The van der Waals surface area contributed by atoms with Crippen LogP contribution in [0, 0.1) is 0 Å². The molecule has 1 aliphatic rings. The zero-order valence-corrected chi connectivity index (χ0v) is 16.9. The number of hydrogen-bond donors (Lipinski definition) is 2. The molecule has 2 N–H and O–H groups in total. The Morgan fingerprint density at radius 1 is 1.07 bits per heavy atom. The second-order valence-electron chi connectivity index (χ2n) is 6.26. The average molecular weight is 393 g/mol. The first-order valence-electron chi connectivity index (χ1n) is 9.91. The van der Waals surface area contributed by atoms with Crippen molar-refractivity contribution in [1.82, 2.24) is 15.0 Å². The molecule has 0 saturated carbocycles. The standard InChI is InChI=1S/C20H21N5O2.C2H6/c26-14-15-3-1-4-16(11-15)18-12-19(22-17-5-2-6-21-13-17)24-20(23-18)25-7-9-27-10-8-25;1-2/h1-6,11-13,26H,7-10,14H2,(H,22,23,24);1-2H3. The van der Waals surface area contributed by atoms with Crippen molar-refractivity contribution in [1.29, 1.82) is 0 Å². The third kappa shape index (κ3) is 5.49. The number of aromatic nitrogens is 3. The van der Waals surface area contributed by atoms with E-state index in [0.717, 1.165) is 35.6 Å². The van der Waals surface area contributed by atoms with Crippen molar-refractivity contribution in [3.8, 4) is 11.3 Å². The molecule has 0 aliphatic carbocycles. The number of morpholine rings is 1. The first kappa shape index (κ1) is 20.7. The number of hydrogen-bond acceptors (Lipinski definition) is 7. The lowest BCUT2D eigenvalue weighted by atomic mass is 10.1. The number of pyridine rings is 1. The molecule has 7 heteroatoms. The second kappa shape index (κ2) is 10.5. The predicted molar refractivity (Wildman–Crippen MR) is 115 cm³/mol. The van der Waals surface area contributed by atoms with Gasteiger partial charge >= 0.3 is 0 Å². The first-order valence-corrected chi connectivity index (χ1v) is 9.91. The van der Waals surface area contributed by atoms with E-state index in [0.29, 0.717) is 25.0 Å². The second-order valence-corrected chi connectivity index (χ2v) is 6.26. The molecule has 0 bridgehead atoms. The molecule has 29 heavy (non-hydrogen) atoms. The number of ether oxygens (including phenoxy) is 1. The van der Waals surface area contributed by atoms with Gasteiger partial charge < -0.3 is 20.1 Å². The van der Waals surface area contributed by atoms with Gasteiger partial charge in [0.1, 0.15) is 5.82 Å². The van der Waals surface area contributed by atoms with Crippen LogP contribution in [0.2, 0.25) is 0 Å². The fourth-order valence-corrected chi connectivity index (χ4v) is 2.96. The SMILES string of the molecule is CC.OCc1cccc(-c2cc(Nc3cccnc3)nc(N3CCOCC3)n2)c1. The van der Waals surface area contributed by atoms with Crippen LogP contribution < -0.4 is 10.2 Å². The number of nitrogens with one attached hydrogen (secondary N) is 1. The van der Waals surface area contributed by atoms with E-state index in [9.17, 15) is 5.11 Å². The highest BCUT2D eigenvalue weighted by Crippen LogP contribution is 2.26. The summed E-state index contributed by atoms with van der Waals surface area (Å²) in [5.74, 6) is 1.36. The molecule has 0 atom stereocenters. The fraction of sp³-hybridized carbons (Fsp3) is 0.318.